The number of carbonyl (C=O) groups excluding carboxylic acids is 1. The molecule has 0 amide bonds. The highest BCUT2D eigenvalue weighted by molar-refractivity contribution is 6.31. The summed E-state index contributed by atoms with van der Waals surface area (Å²) in [6.07, 6.45) is 3.25. The Kier molecular flexibility index (Phi) is 3.83. The molecule has 0 spiro atoms. The summed E-state index contributed by atoms with van der Waals surface area (Å²) in [6.45, 7) is 3.86. The lowest BCUT2D eigenvalue weighted by atomic mass is 10.0. The fourth-order valence-corrected chi connectivity index (χ4v) is 2.37. The van der Waals surface area contributed by atoms with Gasteiger partial charge in [0, 0.05) is 11.6 Å². The summed E-state index contributed by atoms with van der Waals surface area (Å²) in [5, 5.41) is 0.535. The van der Waals surface area contributed by atoms with E-state index in [4.69, 9.17) is 21.1 Å². The number of hydrogen-bond acceptors (Lipinski definition) is 4. The van der Waals surface area contributed by atoms with Crippen molar-refractivity contribution in [1.82, 2.24) is 0 Å². The average Bonchev–Trinajstić information content (AvgIpc) is 3.10. The molecule has 1 saturated carbocycles. The topological polar surface area (TPSA) is 47.9 Å². The standard InChI is InChI=1S/C14H16ClNO3/c1-9(2)19-13-7-11(15)10(6-12(13)18-3)14(4-5-14)16-8-17/h6-7,9H,4-5H2,1-3H3. The van der Waals surface area contributed by atoms with Gasteiger partial charge < -0.3 is 9.47 Å². The number of nitrogens with zero attached hydrogens (tertiary/aromatic N) is 1. The highest BCUT2D eigenvalue weighted by atomic mass is 35.5. The largest absolute Gasteiger partial charge is 0.493 e. The maximum Gasteiger partial charge on any atom is 0.235 e. The zero-order chi connectivity index (χ0) is 14.0. The number of aliphatic imine (C=N–C) groups is 1. The Morgan fingerprint density at radius 2 is 2.05 bits per heavy atom. The van der Waals surface area contributed by atoms with Gasteiger partial charge in [-0.25, -0.2) is 4.79 Å². The molecule has 1 aliphatic rings. The van der Waals surface area contributed by atoms with Crippen LogP contribution >= 0.6 is 11.6 Å². The van der Waals surface area contributed by atoms with Crippen LogP contribution in [0.2, 0.25) is 5.02 Å². The Balaban J connectivity index is 2.45. The molecule has 0 bridgehead atoms. The zero-order valence-electron chi connectivity index (χ0n) is 11.2. The molecule has 0 aliphatic heterocycles. The predicted molar refractivity (Wildman–Crippen MR) is 72.8 cm³/mol. The maximum atomic E-state index is 10.5. The van der Waals surface area contributed by atoms with E-state index in [1.54, 1.807) is 25.3 Å². The Labute approximate surface area is 117 Å². The SMILES string of the molecule is COc1cc(C2(N=C=O)CC2)c(Cl)cc1OC(C)C. The molecule has 0 radical (unpaired) electrons. The summed E-state index contributed by atoms with van der Waals surface area (Å²) < 4.78 is 11.0. The van der Waals surface area contributed by atoms with Crippen molar-refractivity contribution < 1.29 is 14.3 Å². The smallest absolute Gasteiger partial charge is 0.235 e. The lowest BCUT2D eigenvalue weighted by molar-refractivity contribution is 0.230. The fraction of sp³-hybridized carbons (Fsp3) is 0.500. The first-order chi connectivity index (χ1) is 9.02. The van der Waals surface area contributed by atoms with Gasteiger partial charge in [0.2, 0.25) is 6.08 Å². The second-order valence-corrected chi connectivity index (χ2v) is 5.29. The van der Waals surface area contributed by atoms with E-state index in [0.717, 1.165) is 18.4 Å². The summed E-state index contributed by atoms with van der Waals surface area (Å²) in [5.74, 6) is 1.19. The Morgan fingerprint density at radius 1 is 1.37 bits per heavy atom. The third-order valence-corrected chi connectivity index (χ3v) is 3.41. The van der Waals surface area contributed by atoms with Crippen molar-refractivity contribution in [3.63, 3.8) is 0 Å². The summed E-state index contributed by atoms with van der Waals surface area (Å²) in [5.41, 5.74) is 0.285. The van der Waals surface area contributed by atoms with Gasteiger partial charge in [-0.1, -0.05) is 11.6 Å². The first kappa shape index (κ1) is 13.9. The van der Waals surface area contributed by atoms with Crippen LogP contribution in [0.25, 0.3) is 0 Å². The molecule has 1 aromatic rings. The van der Waals surface area contributed by atoms with E-state index in [-0.39, 0.29) is 6.10 Å². The molecule has 102 valence electrons. The number of methoxy groups -OCH3 is 1. The van der Waals surface area contributed by atoms with Crippen LogP contribution in [0.15, 0.2) is 17.1 Å². The van der Waals surface area contributed by atoms with Gasteiger partial charge >= 0.3 is 0 Å². The zero-order valence-corrected chi connectivity index (χ0v) is 12.0. The van der Waals surface area contributed by atoms with Crippen LogP contribution in [0.3, 0.4) is 0 Å². The molecule has 0 unspecified atom stereocenters. The van der Waals surface area contributed by atoms with Gasteiger partial charge in [-0.3, -0.25) is 0 Å². The van der Waals surface area contributed by atoms with Crippen molar-refractivity contribution in [3.8, 4) is 11.5 Å². The first-order valence-corrected chi connectivity index (χ1v) is 6.54. The van der Waals surface area contributed by atoms with E-state index < -0.39 is 5.54 Å². The van der Waals surface area contributed by atoms with E-state index in [0.29, 0.717) is 16.5 Å². The molecule has 1 aliphatic carbocycles. The Hall–Kier alpha value is -1.51. The number of ether oxygens (including phenoxy) is 2. The van der Waals surface area contributed by atoms with Crippen molar-refractivity contribution in [2.75, 3.05) is 7.11 Å². The molecule has 0 N–H and O–H groups in total. The van der Waals surface area contributed by atoms with Gasteiger partial charge in [0.1, 0.15) is 0 Å². The minimum atomic E-state index is -0.511. The van der Waals surface area contributed by atoms with Crippen molar-refractivity contribution in [2.45, 2.75) is 38.3 Å². The van der Waals surface area contributed by atoms with Gasteiger partial charge in [-0.2, -0.15) is 4.99 Å². The molecule has 1 aromatic carbocycles. The number of isocyanates is 1. The molecule has 2 rings (SSSR count). The number of rotatable bonds is 5. The summed E-state index contributed by atoms with van der Waals surface area (Å²) in [4.78, 5) is 14.4. The highest BCUT2D eigenvalue weighted by Crippen LogP contribution is 2.53. The second kappa shape index (κ2) is 5.24. The highest BCUT2D eigenvalue weighted by Gasteiger charge is 2.46. The van der Waals surface area contributed by atoms with Crippen LogP contribution in [-0.2, 0) is 10.3 Å². The third-order valence-electron chi connectivity index (χ3n) is 3.10. The molecule has 0 aromatic heterocycles. The fourth-order valence-electron chi connectivity index (χ4n) is 2.04. The van der Waals surface area contributed by atoms with Crippen LogP contribution < -0.4 is 9.47 Å². The maximum absolute atomic E-state index is 10.5. The van der Waals surface area contributed by atoms with Crippen molar-refractivity contribution in [2.24, 2.45) is 4.99 Å². The quantitative estimate of drug-likeness (QED) is 0.613. The van der Waals surface area contributed by atoms with Crippen molar-refractivity contribution >= 4 is 17.7 Å². The van der Waals surface area contributed by atoms with E-state index in [1.165, 1.54) is 0 Å². The lowest BCUT2D eigenvalue weighted by Gasteiger charge is -2.17. The van der Waals surface area contributed by atoms with Crippen LogP contribution in [0, 0.1) is 0 Å². The summed E-state index contributed by atoms with van der Waals surface area (Å²) in [6, 6.07) is 3.52. The minimum absolute atomic E-state index is 0.0266. The molecule has 19 heavy (non-hydrogen) atoms. The van der Waals surface area contributed by atoms with Crippen LogP contribution in [-0.4, -0.2) is 19.3 Å². The predicted octanol–water partition coefficient (Wildman–Crippen LogP) is 3.46. The Bertz CT molecular complexity index is 532. The van der Waals surface area contributed by atoms with Crippen LogP contribution in [0.4, 0.5) is 0 Å². The van der Waals surface area contributed by atoms with Crippen LogP contribution in [0.1, 0.15) is 32.3 Å². The lowest BCUT2D eigenvalue weighted by Crippen LogP contribution is -2.09. The van der Waals surface area contributed by atoms with E-state index in [2.05, 4.69) is 4.99 Å². The summed E-state index contributed by atoms with van der Waals surface area (Å²) >= 11 is 6.28. The van der Waals surface area contributed by atoms with Crippen molar-refractivity contribution in [3.05, 3.63) is 22.7 Å². The number of hydrogen-bond donors (Lipinski definition) is 0. The minimum Gasteiger partial charge on any atom is -0.493 e. The molecule has 5 heteroatoms. The monoisotopic (exact) mass is 281 g/mol. The molecule has 0 heterocycles. The van der Waals surface area contributed by atoms with E-state index >= 15 is 0 Å². The van der Waals surface area contributed by atoms with Crippen molar-refractivity contribution in [1.29, 1.82) is 0 Å². The molecule has 4 nitrogen and oxygen atoms in total. The molecular weight excluding hydrogens is 266 g/mol. The van der Waals surface area contributed by atoms with Gasteiger partial charge in [0.05, 0.1) is 23.8 Å². The average molecular weight is 282 g/mol. The number of benzene rings is 1. The normalized spacial score (nSPS) is 15.8. The third kappa shape index (κ3) is 2.75. The Morgan fingerprint density at radius 3 is 2.53 bits per heavy atom. The van der Waals surface area contributed by atoms with E-state index in [9.17, 15) is 4.79 Å². The van der Waals surface area contributed by atoms with Gasteiger partial charge in [-0.05, 0) is 32.8 Å². The second-order valence-electron chi connectivity index (χ2n) is 4.88. The molecule has 0 saturated heterocycles. The van der Waals surface area contributed by atoms with Gasteiger partial charge in [0.15, 0.2) is 11.5 Å². The van der Waals surface area contributed by atoms with Crippen LogP contribution in [0.5, 0.6) is 11.5 Å². The first-order valence-electron chi connectivity index (χ1n) is 6.16. The van der Waals surface area contributed by atoms with Gasteiger partial charge in [0.25, 0.3) is 0 Å². The van der Waals surface area contributed by atoms with Gasteiger partial charge in [-0.15, -0.1) is 0 Å². The molecular formula is C14H16ClNO3. The molecule has 0 atom stereocenters. The number of halogens is 1. The molecule has 1 fully saturated rings. The summed E-state index contributed by atoms with van der Waals surface area (Å²) in [7, 11) is 1.57. The van der Waals surface area contributed by atoms with E-state index in [1.807, 2.05) is 13.8 Å².